The maximum atomic E-state index is 12.3. The fourth-order valence-corrected chi connectivity index (χ4v) is 2.89. The van der Waals surface area contributed by atoms with Crippen molar-refractivity contribution in [3.63, 3.8) is 0 Å². The topological polar surface area (TPSA) is 98.5 Å². The Balaban J connectivity index is 1.96. The molecule has 2 aromatic heterocycles. The Hall–Kier alpha value is -2.20. The molecule has 0 aliphatic heterocycles. The summed E-state index contributed by atoms with van der Waals surface area (Å²) in [5, 5.41) is 3.54. The van der Waals surface area contributed by atoms with Crippen molar-refractivity contribution in [3.8, 4) is 5.88 Å². The molecule has 0 radical (unpaired) electrons. The first-order valence-corrected chi connectivity index (χ1v) is 8.31. The third-order valence-corrected chi connectivity index (χ3v) is 4.40. The van der Waals surface area contributed by atoms with E-state index >= 15 is 0 Å². The highest BCUT2D eigenvalue weighted by Crippen LogP contribution is 2.17. The molecule has 0 saturated carbocycles. The number of methoxy groups -OCH3 is 1. The lowest BCUT2D eigenvalue weighted by Gasteiger charge is -2.04. The van der Waals surface area contributed by atoms with Gasteiger partial charge in [0, 0.05) is 22.4 Å². The van der Waals surface area contributed by atoms with Crippen LogP contribution in [0.15, 0.2) is 46.2 Å². The molecule has 0 fully saturated rings. The van der Waals surface area contributed by atoms with Crippen LogP contribution in [0, 0.1) is 0 Å². The number of nitrogens with one attached hydrogen (secondary N) is 1. The quantitative estimate of drug-likeness (QED) is 0.735. The van der Waals surface area contributed by atoms with E-state index in [2.05, 4.69) is 35.7 Å². The van der Waals surface area contributed by atoms with Gasteiger partial charge >= 0.3 is 0 Å². The maximum Gasteiger partial charge on any atom is 0.299 e. The summed E-state index contributed by atoms with van der Waals surface area (Å²) in [7, 11) is -2.44. The highest BCUT2D eigenvalue weighted by atomic mass is 79.9. The smallest absolute Gasteiger partial charge is 0.299 e. The third kappa shape index (κ3) is 2.88. The minimum absolute atomic E-state index is 0.135. The van der Waals surface area contributed by atoms with E-state index in [1.54, 1.807) is 30.3 Å². The Labute approximate surface area is 134 Å². The standard InChI is InChI=1S/C12H10BrN5O3S/c1-21-10-6-7-18-11(14-10)15-12(16-18)22(19,20)17-9-4-2-8(13)3-5-9/h2-7,17H,1H3. The zero-order valence-electron chi connectivity index (χ0n) is 11.3. The molecule has 2 heterocycles. The Morgan fingerprint density at radius 2 is 1.91 bits per heavy atom. The zero-order chi connectivity index (χ0) is 15.7. The van der Waals surface area contributed by atoms with Crippen molar-refractivity contribution in [2.75, 3.05) is 11.8 Å². The average molecular weight is 384 g/mol. The molecule has 0 aliphatic rings. The SMILES string of the molecule is COc1ccn2nc(S(=O)(=O)Nc3ccc(Br)cc3)nc2n1. The third-order valence-electron chi connectivity index (χ3n) is 2.71. The molecule has 22 heavy (non-hydrogen) atoms. The lowest BCUT2D eigenvalue weighted by atomic mass is 10.3. The first kappa shape index (κ1) is 14.7. The summed E-state index contributed by atoms with van der Waals surface area (Å²) in [6.45, 7) is 0. The van der Waals surface area contributed by atoms with Gasteiger partial charge in [0.25, 0.3) is 21.0 Å². The van der Waals surface area contributed by atoms with Crippen LogP contribution in [-0.4, -0.2) is 35.1 Å². The number of hydrogen-bond acceptors (Lipinski definition) is 6. The molecule has 114 valence electrons. The van der Waals surface area contributed by atoms with Crippen LogP contribution in [0.3, 0.4) is 0 Å². The van der Waals surface area contributed by atoms with Crippen molar-refractivity contribution in [3.05, 3.63) is 41.0 Å². The average Bonchev–Trinajstić information content (AvgIpc) is 2.93. The molecule has 0 saturated heterocycles. The molecular formula is C12H10BrN5O3S. The largest absolute Gasteiger partial charge is 0.481 e. The van der Waals surface area contributed by atoms with Gasteiger partial charge in [-0.1, -0.05) is 15.9 Å². The predicted molar refractivity (Wildman–Crippen MR) is 82.3 cm³/mol. The number of nitrogens with zero attached hydrogens (tertiary/aromatic N) is 4. The van der Waals surface area contributed by atoms with Crippen LogP contribution in [-0.2, 0) is 10.0 Å². The lowest BCUT2D eigenvalue weighted by molar-refractivity contribution is 0.397. The van der Waals surface area contributed by atoms with Crippen LogP contribution in [0.2, 0.25) is 0 Å². The van der Waals surface area contributed by atoms with E-state index in [0.717, 1.165) is 4.47 Å². The maximum absolute atomic E-state index is 12.3. The van der Waals surface area contributed by atoms with Gasteiger partial charge in [-0.15, -0.1) is 5.10 Å². The number of fused-ring (bicyclic) bond motifs is 1. The number of anilines is 1. The highest BCUT2D eigenvalue weighted by molar-refractivity contribution is 9.10. The van der Waals surface area contributed by atoms with Crippen LogP contribution in [0.1, 0.15) is 0 Å². The first-order chi connectivity index (χ1) is 10.5. The van der Waals surface area contributed by atoms with Crippen molar-refractivity contribution in [1.29, 1.82) is 0 Å². The van der Waals surface area contributed by atoms with Gasteiger partial charge in [-0.2, -0.15) is 18.4 Å². The molecular weight excluding hydrogens is 374 g/mol. The molecule has 0 atom stereocenters. The Morgan fingerprint density at radius 1 is 1.18 bits per heavy atom. The molecule has 10 heteroatoms. The van der Waals surface area contributed by atoms with E-state index in [4.69, 9.17) is 4.74 Å². The van der Waals surface area contributed by atoms with Gasteiger partial charge in [-0.25, -0.2) is 4.52 Å². The second-order valence-electron chi connectivity index (χ2n) is 4.22. The van der Waals surface area contributed by atoms with E-state index in [1.165, 1.54) is 17.8 Å². The van der Waals surface area contributed by atoms with Crippen molar-refractivity contribution >= 4 is 37.4 Å². The molecule has 3 rings (SSSR count). The summed E-state index contributed by atoms with van der Waals surface area (Å²) in [5.41, 5.74) is 0.410. The molecule has 0 amide bonds. The normalized spacial score (nSPS) is 11.5. The molecule has 3 aromatic rings. The fraction of sp³-hybridized carbons (Fsp3) is 0.0833. The van der Waals surface area contributed by atoms with E-state index in [9.17, 15) is 8.42 Å². The molecule has 1 N–H and O–H groups in total. The number of ether oxygens (including phenoxy) is 1. The second kappa shape index (κ2) is 5.54. The first-order valence-electron chi connectivity index (χ1n) is 6.04. The summed E-state index contributed by atoms with van der Waals surface area (Å²) in [4.78, 5) is 7.92. The monoisotopic (exact) mass is 383 g/mol. The number of benzene rings is 1. The minimum Gasteiger partial charge on any atom is -0.481 e. The minimum atomic E-state index is -3.90. The van der Waals surface area contributed by atoms with Gasteiger partial charge in [0.15, 0.2) is 0 Å². The van der Waals surface area contributed by atoms with Crippen LogP contribution in [0.5, 0.6) is 5.88 Å². The fourth-order valence-electron chi connectivity index (χ4n) is 1.69. The zero-order valence-corrected chi connectivity index (χ0v) is 13.7. The second-order valence-corrected chi connectivity index (χ2v) is 6.71. The van der Waals surface area contributed by atoms with E-state index in [1.807, 2.05) is 0 Å². The molecule has 0 bridgehead atoms. The summed E-state index contributed by atoms with van der Waals surface area (Å²) in [6.07, 6.45) is 1.52. The van der Waals surface area contributed by atoms with E-state index < -0.39 is 10.0 Å². The highest BCUT2D eigenvalue weighted by Gasteiger charge is 2.21. The van der Waals surface area contributed by atoms with Gasteiger partial charge in [-0.05, 0) is 24.3 Å². The van der Waals surface area contributed by atoms with Gasteiger partial charge in [0.1, 0.15) is 0 Å². The Kier molecular flexibility index (Phi) is 3.71. The van der Waals surface area contributed by atoms with Crippen molar-refractivity contribution in [1.82, 2.24) is 19.6 Å². The molecule has 1 aromatic carbocycles. The van der Waals surface area contributed by atoms with Gasteiger partial charge < -0.3 is 4.74 Å². The predicted octanol–water partition coefficient (Wildman–Crippen LogP) is 1.70. The van der Waals surface area contributed by atoms with Crippen LogP contribution >= 0.6 is 15.9 Å². The van der Waals surface area contributed by atoms with Gasteiger partial charge in [-0.3, -0.25) is 4.72 Å². The number of aromatic nitrogens is 4. The van der Waals surface area contributed by atoms with Crippen LogP contribution in [0.25, 0.3) is 5.78 Å². The molecule has 0 unspecified atom stereocenters. The number of hydrogen-bond donors (Lipinski definition) is 1. The number of sulfonamides is 1. The van der Waals surface area contributed by atoms with Crippen molar-refractivity contribution < 1.29 is 13.2 Å². The van der Waals surface area contributed by atoms with Crippen LogP contribution in [0.4, 0.5) is 5.69 Å². The van der Waals surface area contributed by atoms with E-state index in [-0.39, 0.29) is 10.9 Å². The van der Waals surface area contributed by atoms with Crippen molar-refractivity contribution in [2.45, 2.75) is 5.16 Å². The van der Waals surface area contributed by atoms with Crippen molar-refractivity contribution in [2.24, 2.45) is 0 Å². The molecule has 0 spiro atoms. The Bertz CT molecular complexity index is 924. The Morgan fingerprint density at radius 3 is 2.59 bits per heavy atom. The van der Waals surface area contributed by atoms with Crippen LogP contribution < -0.4 is 9.46 Å². The summed E-state index contributed by atoms with van der Waals surface area (Å²) in [5.74, 6) is 0.459. The summed E-state index contributed by atoms with van der Waals surface area (Å²) >= 11 is 3.28. The van der Waals surface area contributed by atoms with E-state index in [0.29, 0.717) is 11.6 Å². The summed E-state index contributed by atoms with van der Waals surface area (Å²) < 4.78 is 34.1. The summed E-state index contributed by atoms with van der Waals surface area (Å²) in [6, 6.07) is 8.25. The van der Waals surface area contributed by atoms with Gasteiger partial charge in [0.2, 0.25) is 5.88 Å². The number of rotatable bonds is 4. The molecule has 8 nitrogen and oxygen atoms in total. The number of halogens is 1. The molecule has 0 aliphatic carbocycles. The van der Waals surface area contributed by atoms with Gasteiger partial charge in [0.05, 0.1) is 7.11 Å². The lowest BCUT2D eigenvalue weighted by Crippen LogP contribution is -2.14.